The zero-order chi connectivity index (χ0) is 10.9. The molecule has 0 spiro atoms. The first-order valence-electron chi connectivity index (χ1n) is 4.76. The number of hydrogen-bond acceptors (Lipinski definition) is 2. The topological polar surface area (TPSA) is 46.2 Å². The second-order valence-corrected chi connectivity index (χ2v) is 3.11. The lowest BCUT2D eigenvalue weighted by molar-refractivity contribution is -0.131. The molecule has 0 saturated heterocycles. The van der Waals surface area contributed by atoms with Crippen molar-refractivity contribution in [3.05, 3.63) is 0 Å². The summed E-state index contributed by atoms with van der Waals surface area (Å²) in [6, 6.07) is 0. The van der Waals surface area contributed by atoms with Crippen molar-refractivity contribution in [1.29, 1.82) is 0 Å². The average Bonchev–Trinajstić information content (AvgIpc) is 2.08. The van der Waals surface area contributed by atoms with Crippen LogP contribution in [0.5, 0.6) is 0 Å². The van der Waals surface area contributed by atoms with Crippen molar-refractivity contribution in [1.82, 2.24) is 5.32 Å². The van der Waals surface area contributed by atoms with Crippen LogP contribution < -0.4 is 5.32 Å². The van der Waals surface area contributed by atoms with E-state index in [0.29, 0.717) is 6.54 Å². The van der Waals surface area contributed by atoms with Crippen molar-refractivity contribution in [2.24, 2.45) is 5.41 Å². The fraction of sp³-hybridized carbons (Fsp3) is 0.800. The van der Waals surface area contributed by atoms with E-state index in [1.54, 1.807) is 13.8 Å². The van der Waals surface area contributed by atoms with Gasteiger partial charge in [0.2, 0.25) is 5.91 Å². The zero-order valence-electron chi connectivity index (χ0n) is 9.31. The molecule has 0 aliphatic carbocycles. The molecule has 0 aliphatic heterocycles. The molecule has 0 rings (SSSR count). The summed E-state index contributed by atoms with van der Waals surface area (Å²) < 4.78 is 0. The molecule has 0 bridgehead atoms. The molecule has 0 aromatic carbocycles. The quantitative estimate of drug-likeness (QED) is 0.682. The molecular formula is C10H21NO2. The van der Waals surface area contributed by atoms with Gasteiger partial charge in [-0.05, 0) is 6.92 Å². The molecule has 1 amide bonds. The van der Waals surface area contributed by atoms with Gasteiger partial charge < -0.3 is 10.1 Å². The molecule has 0 radical (unpaired) electrons. The summed E-state index contributed by atoms with van der Waals surface area (Å²) in [4.78, 5) is 21.3. The second kappa shape index (κ2) is 7.77. The molecule has 0 heterocycles. The van der Waals surface area contributed by atoms with Crippen molar-refractivity contribution < 1.29 is 9.59 Å². The van der Waals surface area contributed by atoms with Gasteiger partial charge in [0.15, 0.2) is 0 Å². The minimum atomic E-state index is -0.558. The lowest BCUT2D eigenvalue weighted by atomic mass is 9.89. The largest absolute Gasteiger partial charge is 0.356 e. The normalized spacial score (nSPS) is 9.62. The van der Waals surface area contributed by atoms with Crippen molar-refractivity contribution in [2.75, 3.05) is 6.54 Å². The van der Waals surface area contributed by atoms with E-state index in [4.69, 9.17) is 0 Å². The van der Waals surface area contributed by atoms with Gasteiger partial charge in [0.25, 0.3) is 0 Å². The molecule has 0 atom stereocenters. The third-order valence-electron chi connectivity index (χ3n) is 1.55. The van der Waals surface area contributed by atoms with Crippen LogP contribution in [0, 0.1) is 5.41 Å². The highest BCUT2D eigenvalue weighted by molar-refractivity contribution is 5.83. The Balaban J connectivity index is 0. The average molecular weight is 187 g/mol. The van der Waals surface area contributed by atoms with Gasteiger partial charge in [-0.3, -0.25) is 4.79 Å². The van der Waals surface area contributed by atoms with Gasteiger partial charge in [0.05, 0.1) is 5.41 Å². The van der Waals surface area contributed by atoms with Gasteiger partial charge in [-0.25, -0.2) is 0 Å². The molecule has 1 N–H and O–H groups in total. The van der Waals surface area contributed by atoms with Gasteiger partial charge in [0, 0.05) is 13.0 Å². The summed E-state index contributed by atoms with van der Waals surface area (Å²) in [7, 11) is 0. The molecule has 3 nitrogen and oxygen atoms in total. The summed E-state index contributed by atoms with van der Waals surface area (Å²) in [5, 5.41) is 2.67. The highest BCUT2D eigenvalue weighted by Gasteiger charge is 2.25. The Morgan fingerprint density at radius 2 is 1.85 bits per heavy atom. The minimum Gasteiger partial charge on any atom is -0.356 e. The predicted octanol–water partition coefficient (Wildman–Crippen LogP) is 1.76. The molecule has 0 aromatic heterocycles. The first-order chi connectivity index (χ1) is 6.04. The van der Waals surface area contributed by atoms with Crippen molar-refractivity contribution in [3.8, 4) is 0 Å². The number of amides is 1. The Bertz CT molecular complexity index is 153. The van der Waals surface area contributed by atoms with Crippen LogP contribution in [0.2, 0.25) is 0 Å². The first kappa shape index (κ1) is 14.7. The lowest BCUT2D eigenvalue weighted by Gasteiger charge is -2.19. The molecule has 78 valence electrons. The standard InChI is InChI=1S/C8H15NO2.C2H6/c1-4-9-7(11)8(2,3)5-6-10;1-2/h6H,4-5H2,1-3H3,(H,9,11);1-2H3. The van der Waals surface area contributed by atoms with E-state index in [2.05, 4.69) is 5.32 Å². The van der Waals surface area contributed by atoms with Crippen molar-refractivity contribution in [2.45, 2.75) is 41.0 Å². The number of rotatable bonds is 4. The van der Waals surface area contributed by atoms with Gasteiger partial charge in [-0.1, -0.05) is 27.7 Å². The Kier molecular flexibility index (Phi) is 8.76. The number of nitrogens with one attached hydrogen (secondary N) is 1. The summed E-state index contributed by atoms with van der Waals surface area (Å²) >= 11 is 0. The van der Waals surface area contributed by atoms with Crippen LogP contribution in [-0.4, -0.2) is 18.7 Å². The van der Waals surface area contributed by atoms with E-state index < -0.39 is 5.41 Å². The van der Waals surface area contributed by atoms with Crippen molar-refractivity contribution in [3.63, 3.8) is 0 Å². The van der Waals surface area contributed by atoms with Crippen LogP contribution in [0.4, 0.5) is 0 Å². The zero-order valence-corrected chi connectivity index (χ0v) is 9.31. The summed E-state index contributed by atoms with van der Waals surface area (Å²) in [6.45, 7) is 9.98. The Hall–Kier alpha value is -0.860. The Morgan fingerprint density at radius 3 is 2.15 bits per heavy atom. The van der Waals surface area contributed by atoms with Crippen LogP contribution in [-0.2, 0) is 9.59 Å². The maximum absolute atomic E-state index is 11.2. The van der Waals surface area contributed by atoms with Crippen LogP contribution in [0.15, 0.2) is 0 Å². The number of carbonyl (C=O) groups is 2. The summed E-state index contributed by atoms with van der Waals surface area (Å²) in [5.74, 6) is -0.0629. The predicted molar refractivity (Wildman–Crippen MR) is 54.5 cm³/mol. The highest BCUT2D eigenvalue weighted by Crippen LogP contribution is 2.18. The van der Waals surface area contributed by atoms with Gasteiger partial charge >= 0.3 is 0 Å². The summed E-state index contributed by atoms with van der Waals surface area (Å²) in [5.41, 5.74) is -0.558. The van der Waals surface area contributed by atoms with Crippen LogP contribution in [0.3, 0.4) is 0 Å². The van der Waals surface area contributed by atoms with Crippen molar-refractivity contribution >= 4 is 12.2 Å². The van der Waals surface area contributed by atoms with E-state index in [0.717, 1.165) is 6.29 Å². The third-order valence-corrected chi connectivity index (χ3v) is 1.55. The lowest BCUT2D eigenvalue weighted by Crippen LogP contribution is -2.36. The second-order valence-electron chi connectivity index (χ2n) is 3.11. The van der Waals surface area contributed by atoms with Gasteiger partial charge in [-0.2, -0.15) is 0 Å². The maximum Gasteiger partial charge on any atom is 0.226 e. The Morgan fingerprint density at radius 1 is 1.38 bits per heavy atom. The third kappa shape index (κ3) is 6.31. The SMILES string of the molecule is CC.CCNC(=O)C(C)(C)CC=O. The van der Waals surface area contributed by atoms with E-state index in [-0.39, 0.29) is 12.3 Å². The van der Waals surface area contributed by atoms with Crippen LogP contribution in [0.25, 0.3) is 0 Å². The fourth-order valence-corrected chi connectivity index (χ4v) is 0.701. The molecule has 0 aliphatic rings. The molecule has 0 saturated carbocycles. The van der Waals surface area contributed by atoms with Gasteiger partial charge in [0.1, 0.15) is 6.29 Å². The first-order valence-corrected chi connectivity index (χ1v) is 4.76. The minimum absolute atomic E-state index is 0.0629. The smallest absolute Gasteiger partial charge is 0.226 e. The molecule has 3 heteroatoms. The molecule has 13 heavy (non-hydrogen) atoms. The molecule has 0 fully saturated rings. The number of carbonyl (C=O) groups excluding carboxylic acids is 2. The molecular weight excluding hydrogens is 166 g/mol. The number of hydrogen-bond donors (Lipinski definition) is 1. The highest BCUT2D eigenvalue weighted by atomic mass is 16.2. The molecule has 0 aromatic rings. The van der Waals surface area contributed by atoms with E-state index in [1.807, 2.05) is 20.8 Å². The fourth-order valence-electron chi connectivity index (χ4n) is 0.701. The maximum atomic E-state index is 11.2. The van der Waals surface area contributed by atoms with E-state index in [1.165, 1.54) is 0 Å². The van der Waals surface area contributed by atoms with Crippen LogP contribution >= 0.6 is 0 Å². The van der Waals surface area contributed by atoms with Gasteiger partial charge in [-0.15, -0.1) is 0 Å². The van der Waals surface area contributed by atoms with E-state index in [9.17, 15) is 9.59 Å². The number of aldehydes is 1. The summed E-state index contributed by atoms with van der Waals surface area (Å²) in [6.07, 6.45) is 1.05. The monoisotopic (exact) mass is 187 g/mol. The van der Waals surface area contributed by atoms with E-state index >= 15 is 0 Å². The molecule has 0 unspecified atom stereocenters. The van der Waals surface area contributed by atoms with Crippen LogP contribution in [0.1, 0.15) is 41.0 Å². The Labute approximate surface area is 80.9 Å².